The topological polar surface area (TPSA) is 48.8 Å². The highest BCUT2D eigenvalue weighted by Gasteiger charge is 2.28. The van der Waals surface area contributed by atoms with Crippen molar-refractivity contribution in [2.75, 3.05) is 40.0 Å². The smallest absolute Gasteiger partial charge is 0.161 e. The van der Waals surface area contributed by atoms with Crippen LogP contribution in [0.4, 0.5) is 0 Å². The van der Waals surface area contributed by atoms with E-state index in [1.807, 2.05) is 30.5 Å². The number of benzene rings is 1. The minimum Gasteiger partial charge on any atom is -0.486 e. The van der Waals surface area contributed by atoms with Gasteiger partial charge in [0.1, 0.15) is 18.5 Å². The second-order valence-corrected chi connectivity index (χ2v) is 7.04. The van der Waals surface area contributed by atoms with Gasteiger partial charge in [-0.15, -0.1) is 0 Å². The van der Waals surface area contributed by atoms with Crippen molar-refractivity contribution in [3.05, 3.63) is 42.5 Å². The molecule has 0 spiro atoms. The van der Waals surface area contributed by atoms with Crippen molar-refractivity contribution in [1.29, 1.82) is 0 Å². The van der Waals surface area contributed by atoms with Crippen LogP contribution >= 0.6 is 0 Å². The van der Waals surface area contributed by atoms with Crippen molar-refractivity contribution < 1.29 is 14.2 Å². The van der Waals surface area contributed by atoms with Gasteiger partial charge in [0.05, 0.1) is 6.61 Å². The molecular formula is C20H27N3O3. The average Bonchev–Trinajstić information content (AvgIpc) is 3.15. The Kier molecular flexibility index (Phi) is 5.41. The van der Waals surface area contributed by atoms with Crippen LogP contribution in [0.25, 0.3) is 0 Å². The quantitative estimate of drug-likeness (QED) is 0.795. The average molecular weight is 357 g/mol. The summed E-state index contributed by atoms with van der Waals surface area (Å²) >= 11 is 0. The van der Waals surface area contributed by atoms with Gasteiger partial charge in [-0.2, -0.15) is 0 Å². The zero-order chi connectivity index (χ0) is 17.8. The summed E-state index contributed by atoms with van der Waals surface area (Å²) in [5, 5.41) is 0. The van der Waals surface area contributed by atoms with E-state index < -0.39 is 0 Å². The molecular weight excluding hydrogens is 330 g/mol. The van der Waals surface area contributed by atoms with Gasteiger partial charge in [-0.3, -0.25) is 4.90 Å². The van der Waals surface area contributed by atoms with Crippen molar-refractivity contribution in [1.82, 2.24) is 14.5 Å². The third-order valence-corrected chi connectivity index (χ3v) is 5.27. The Hall–Kier alpha value is -2.05. The Morgan fingerprint density at radius 3 is 2.81 bits per heavy atom. The Balaban J connectivity index is 1.29. The van der Waals surface area contributed by atoms with Gasteiger partial charge in [-0.25, -0.2) is 4.98 Å². The van der Waals surface area contributed by atoms with E-state index in [0.717, 1.165) is 57.1 Å². The fourth-order valence-electron chi connectivity index (χ4n) is 3.87. The molecule has 0 unspecified atom stereocenters. The molecule has 2 aliphatic rings. The SMILES string of the molecule is COCCn1ccnc1C1CCN(C[C@H]2COc3ccccc3O2)CC1. The lowest BCUT2D eigenvalue weighted by atomic mass is 9.95. The molecule has 0 aliphatic carbocycles. The fraction of sp³-hybridized carbons (Fsp3) is 0.550. The molecule has 1 aromatic carbocycles. The molecule has 0 amide bonds. The van der Waals surface area contributed by atoms with Crippen molar-refractivity contribution in [2.45, 2.75) is 31.4 Å². The Morgan fingerprint density at radius 1 is 1.19 bits per heavy atom. The monoisotopic (exact) mass is 357 g/mol. The molecule has 0 saturated carbocycles. The van der Waals surface area contributed by atoms with Gasteiger partial charge in [0.2, 0.25) is 0 Å². The van der Waals surface area contributed by atoms with Gasteiger partial charge in [-0.1, -0.05) is 12.1 Å². The van der Waals surface area contributed by atoms with E-state index in [4.69, 9.17) is 14.2 Å². The van der Waals surface area contributed by atoms with Crippen LogP contribution in [0, 0.1) is 0 Å². The molecule has 0 radical (unpaired) electrons. The van der Waals surface area contributed by atoms with Crippen LogP contribution in [0.15, 0.2) is 36.7 Å². The summed E-state index contributed by atoms with van der Waals surface area (Å²) in [6.45, 7) is 5.28. The van der Waals surface area contributed by atoms with Crippen LogP contribution in [0.1, 0.15) is 24.6 Å². The van der Waals surface area contributed by atoms with Gasteiger partial charge in [0.25, 0.3) is 0 Å². The van der Waals surface area contributed by atoms with E-state index >= 15 is 0 Å². The molecule has 4 rings (SSSR count). The highest BCUT2D eigenvalue weighted by atomic mass is 16.6. The number of fused-ring (bicyclic) bond motifs is 1. The van der Waals surface area contributed by atoms with Crippen molar-refractivity contribution in [3.8, 4) is 11.5 Å². The maximum absolute atomic E-state index is 6.10. The highest BCUT2D eigenvalue weighted by Crippen LogP contribution is 2.32. The third-order valence-electron chi connectivity index (χ3n) is 5.27. The van der Waals surface area contributed by atoms with Gasteiger partial charge in [-0.05, 0) is 38.1 Å². The van der Waals surface area contributed by atoms with Crippen LogP contribution < -0.4 is 9.47 Å². The summed E-state index contributed by atoms with van der Waals surface area (Å²) in [7, 11) is 1.74. The first kappa shape index (κ1) is 17.4. The van der Waals surface area contributed by atoms with Crippen LogP contribution in [0.2, 0.25) is 0 Å². The second-order valence-electron chi connectivity index (χ2n) is 7.04. The van der Waals surface area contributed by atoms with Crippen molar-refractivity contribution >= 4 is 0 Å². The number of methoxy groups -OCH3 is 1. The highest BCUT2D eigenvalue weighted by molar-refractivity contribution is 5.40. The molecule has 1 saturated heterocycles. The summed E-state index contributed by atoms with van der Waals surface area (Å²) in [6, 6.07) is 7.90. The number of likely N-dealkylation sites (tertiary alicyclic amines) is 1. The predicted molar refractivity (Wildman–Crippen MR) is 98.9 cm³/mol. The number of nitrogens with zero attached hydrogens (tertiary/aromatic N) is 3. The van der Waals surface area contributed by atoms with E-state index in [1.54, 1.807) is 7.11 Å². The van der Waals surface area contributed by atoms with Gasteiger partial charge in [0, 0.05) is 38.5 Å². The summed E-state index contributed by atoms with van der Waals surface area (Å²) in [5.41, 5.74) is 0. The zero-order valence-corrected chi connectivity index (χ0v) is 15.3. The number of aromatic nitrogens is 2. The summed E-state index contributed by atoms with van der Waals surface area (Å²) in [5.74, 6) is 3.44. The maximum Gasteiger partial charge on any atom is 0.161 e. The number of hydrogen-bond donors (Lipinski definition) is 0. The number of rotatable bonds is 6. The van der Waals surface area contributed by atoms with E-state index in [0.29, 0.717) is 12.5 Å². The van der Waals surface area contributed by atoms with Gasteiger partial charge in [0.15, 0.2) is 11.5 Å². The molecule has 1 atom stereocenters. The van der Waals surface area contributed by atoms with Crippen LogP contribution in [0.5, 0.6) is 11.5 Å². The van der Waals surface area contributed by atoms with Crippen molar-refractivity contribution in [2.24, 2.45) is 0 Å². The number of ether oxygens (including phenoxy) is 3. The third kappa shape index (κ3) is 3.86. The lowest BCUT2D eigenvalue weighted by Crippen LogP contribution is -2.44. The van der Waals surface area contributed by atoms with Crippen molar-refractivity contribution in [3.63, 3.8) is 0 Å². The first-order valence-electron chi connectivity index (χ1n) is 9.44. The van der Waals surface area contributed by atoms with E-state index in [1.165, 1.54) is 5.82 Å². The number of hydrogen-bond acceptors (Lipinski definition) is 5. The molecule has 1 aromatic heterocycles. The van der Waals surface area contributed by atoms with Crippen LogP contribution in [-0.2, 0) is 11.3 Å². The van der Waals surface area contributed by atoms with E-state index in [2.05, 4.69) is 20.6 Å². The molecule has 26 heavy (non-hydrogen) atoms. The summed E-state index contributed by atoms with van der Waals surface area (Å²) < 4.78 is 19.4. The molecule has 0 N–H and O–H groups in total. The lowest BCUT2D eigenvalue weighted by molar-refractivity contribution is 0.0509. The fourth-order valence-corrected chi connectivity index (χ4v) is 3.87. The predicted octanol–water partition coefficient (Wildman–Crippen LogP) is 2.55. The molecule has 1 fully saturated rings. The number of imidazole rings is 1. The van der Waals surface area contributed by atoms with Crippen LogP contribution in [-0.4, -0.2) is 60.5 Å². The Labute approximate surface area is 154 Å². The van der Waals surface area contributed by atoms with Gasteiger partial charge < -0.3 is 18.8 Å². The molecule has 2 aromatic rings. The Bertz CT molecular complexity index is 710. The zero-order valence-electron chi connectivity index (χ0n) is 15.3. The first-order valence-corrected chi connectivity index (χ1v) is 9.44. The Morgan fingerprint density at radius 2 is 2.00 bits per heavy atom. The standard InChI is InChI=1S/C20H27N3O3/c1-24-13-12-23-11-8-21-20(23)16-6-9-22(10-7-16)14-17-15-25-18-4-2-3-5-19(18)26-17/h2-5,8,11,16-17H,6-7,9-10,12-15H2,1H3/t17-/m0/s1. The molecule has 0 bridgehead atoms. The minimum absolute atomic E-state index is 0.102. The second kappa shape index (κ2) is 8.10. The van der Waals surface area contributed by atoms with E-state index in [9.17, 15) is 0 Å². The summed E-state index contributed by atoms with van der Waals surface area (Å²) in [4.78, 5) is 7.09. The van der Waals surface area contributed by atoms with Crippen LogP contribution in [0.3, 0.4) is 0 Å². The molecule has 2 aliphatic heterocycles. The summed E-state index contributed by atoms with van der Waals surface area (Å²) in [6.07, 6.45) is 6.33. The normalized spacial score (nSPS) is 21.0. The lowest BCUT2D eigenvalue weighted by Gasteiger charge is -2.35. The molecule has 6 nitrogen and oxygen atoms in total. The maximum atomic E-state index is 6.10. The molecule has 140 valence electrons. The molecule has 6 heteroatoms. The minimum atomic E-state index is 0.102. The number of para-hydroxylation sites is 2. The first-order chi connectivity index (χ1) is 12.8. The largest absolute Gasteiger partial charge is 0.486 e. The van der Waals surface area contributed by atoms with Gasteiger partial charge >= 0.3 is 0 Å². The number of piperidine rings is 1. The molecule has 3 heterocycles. The van der Waals surface area contributed by atoms with E-state index in [-0.39, 0.29) is 6.10 Å².